The molecule has 0 saturated carbocycles. The fourth-order valence-corrected chi connectivity index (χ4v) is 11.4. The Morgan fingerprint density at radius 3 is 1.96 bits per heavy atom. The van der Waals surface area contributed by atoms with Crippen LogP contribution in [0.2, 0.25) is 6.04 Å². The van der Waals surface area contributed by atoms with Gasteiger partial charge in [-0.1, -0.05) is 63.5 Å². The van der Waals surface area contributed by atoms with Crippen LogP contribution in [0.25, 0.3) is 9.75 Å². The Morgan fingerprint density at radius 2 is 1.32 bits per heavy atom. The van der Waals surface area contributed by atoms with Crippen molar-refractivity contribution >= 4 is 41.1 Å². The smallest absolute Gasteiger partial charge is 0.143 e. The molecule has 0 saturated heterocycles. The standard InChI is InChI=1S/C25H24S2Si/c1-3-5-7-9-11-13-15-21-28(20-14-12-10-8-6-4-2)22-16-18-26-24(22)25-23(28)17-19-27-25/h16-19H,4,6,8,10,12,14,20H2,1-2H3. The lowest BCUT2D eigenvalue weighted by molar-refractivity contribution is 0.623. The van der Waals surface area contributed by atoms with Crippen LogP contribution in [-0.2, 0) is 0 Å². The van der Waals surface area contributed by atoms with Crippen LogP contribution in [0.4, 0.5) is 0 Å². The number of rotatable bonds is 7. The molecule has 2 aromatic rings. The van der Waals surface area contributed by atoms with Gasteiger partial charge in [-0.2, -0.15) is 0 Å². The molecule has 2 aromatic heterocycles. The lowest BCUT2D eigenvalue weighted by atomic mass is 10.1. The van der Waals surface area contributed by atoms with Crippen molar-refractivity contribution in [2.75, 3.05) is 0 Å². The number of fused-ring (bicyclic) bond motifs is 3. The van der Waals surface area contributed by atoms with Crippen LogP contribution >= 0.6 is 22.7 Å². The van der Waals surface area contributed by atoms with Crippen LogP contribution < -0.4 is 10.4 Å². The molecule has 0 aromatic carbocycles. The molecule has 3 rings (SSSR count). The van der Waals surface area contributed by atoms with E-state index in [0.717, 1.165) is 0 Å². The molecule has 0 radical (unpaired) electrons. The normalized spacial score (nSPS) is 12.1. The SMILES string of the molecule is CC#CC#CC#CC#C[Si]1(CCCCCCCC)c2ccsc2-c2sccc21. The van der Waals surface area contributed by atoms with Gasteiger partial charge in [-0.25, -0.2) is 0 Å². The highest BCUT2D eigenvalue weighted by Gasteiger charge is 2.46. The van der Waals surface area contributed by atoms with Gasteiger partial charge in [0.2, 0.25) is 8.07 Å². The minimum Gasteiger partial charge on any atom is -0.143 e. The summed E-state index contributed by atoms with van der Waals surface area (Å²) in [6, 6.07) is 5.86. The summed E-state index contributed by atoms with van der Waals surface area (Å²) in [6.07, 6.45) is 7.91. The zero-order chi connectivity index (χ0) is 19.7. The molecular formula is C25H24S2Si. The van der Waals surface area contributed by atoms with Crippen molar-refractivity contribution in [2.24, 2.45) is 0 Å². The number of hydrogen-bond acceptors (Lipinski definition) is 2. The first-order valence-electron chi connectivity index (χ1n) is 9.93. The van der Waals surface area contributed by atoms with Gasteiger partial charge in [-0.3, -0.25) is 0 Å². The highest BCUT2D eigenvalue weighted by Crippen LogP contribution is 2.37. The molecule has 0 nitrogen and oxygen atoms in total. The predicted molar refractivity (Wildman–Crippen MR) is 128 cm³/mol. The first-order chi connectivity index (χ1) is 13.8. The Hall–Kier alpha value is -2.14. The van der Waals surface area contributed by atoms with Crippen molar-refractivity contribution in [2.45, 2.75) is 58.4 Å². The van der Waals surface area contributed by atoms with E-state index in [1.807, 2.05) is 22.7 Å². The topological polar surface area (TPSA) is 0 Å². The Balaban J connectivity index is 1.85. The van der Waals surface area contributed by atoms with Gasteiger partial charge >= 0.3 is 0 Å². The summed E-state index contributed by atoms with van der Waals surface area (Å²) >= 11 is 3.74. The van der Waals surface area contributed by atoms with Gasteiger partial charge in [0.15, 0.2) is 0 Å². The zero-order valence-corrected chi connectivity index (χ0v) is 19.2. The lowest BCUT2D eigenvalue weighted by Gasteiger charge is -2.21. The van der Waals surface area contributed by atoms with Crippen LogP contribution in [0.15, 0.2) is 22.9 Å². The second-order valence-electron chi connectivity index (χ2n) is 6.87. The first-order valence-corrected chi connectivity index (χ1v) is 13.9. The van der Waals surface area contributed by atoms with E-state index in [1.165, 1.54) is 64.7 Å². The highest BCUT2D eigenvalue weighted by atomic mass is 32.1. The quantitative estimate of drug-likeness (QED) is 0.327. The van der Waals surface area contributed by atoms with E-state index < -0.39 is 8.07 Å². The molecule has 0 unspecified atom stereocenters. The largest absolute Gasteiger partial charge is 0.203 e. The summed E-state index contributed by atoms with van der Waals surface area (Å²) in [4.78, 5) is 2.92. The molecule has 28 heavy (non-hydrogen) atoms. The summed E-state index contributed by atoms with van der Waals surface area (Å²) in [6.45, 7) is 4.04. The molecule has 0 amide bonds. The molecule has 0 spiro atoms. The van der Waals surface area contributed by atoms with Crippen LogP contribution in [0.5, 0.6) is 0 Å². The van der Waals surface area contributed by atoms with Gasteiger partial charge in [0, 0.05) is 9.75 Å². The first kappa shape index (κ1) is 20.6. The van der Waals surface area contributed by atoms with E-state index in [1.54, 1.807) is 6.92 Å². The van der Waals surface area contributed by atoms with Gasteiger partial charge in [0.25, 0.3) is 0 Å². The minimum absolute atomic E-state index is 1.20. The van der Waals surface area contributed by atoms with E-state index in [-0.39, 0.29) is 0 Å². The molecule has 0 fully saturated rings. The van der Waals surface area contributed by atoms with E-state index in [4.69, 9.17) is 0 Å². The van der Waals surface area contributed by atoms with Crippen molar-refractivity contribution in [1.82, 2.24) is 0 Å². The van der Waals surface area contributed by atoms with Crippen molar-refractivity contribution in [1.29, 1.82) is 0 Å². The zero-order valence-electron chi connectivity index (χ0n) is 16.6. The number of hydrogen-bond donors (Lipinski definition) is 0. The maximum absolute atomic E-state index is 3.70. The van der Waals surface area contributed by atoms with Crippen molar-refractivity contribution in [3.63, 3.8) is 0 Å². The van der Waals surface area contributed by atoms with E-state index in [0.29, 0.717) is 0 Å². The van der Waals surface area contributed by atoms with Gasteiger partial charge in [-0.15, -0.1) is 28.2 Å². The second kappa shape index (κ2) is 10.4. The summed E-state index contributed by atoms with van der Waals surface area (Å²) < 4.78 is 0. The Kier molecular flexibility index (Phi) is 7.66. The van der Waals surface area contributed by atoms with Crippen molar-refractivity contribution in [3.8, 4) is 56.7 Å². The van der Waals surface area contributed by atoms with Gasteiger partial charge in [-0.05, 0) is 69.6 Å². The van der Waals surface area contributed by atoms with Gasteiger partial charge in [0.1, 0.15) is 0 Å². The molecule has 0 N–H and O–H groups in total. The van der Waals surface area contributed by atoms with Gasteiger partial charge in [0.05, 0.1) is 0 Å². The van der Waals surface area contributed by atoms with E-state index in [9.17, 15) is 0 Å². The molecular weight excluding hydrogens is 392 g/mol. The monoisotopic (exact) mass is 416 g/mol. The molecule has 140 valence electrons. The third-order valence-electron chi connectivity index (χ3n) is 5.07. The van der Waals surface area contributed by atoms with Crippen LogP contribution in [0, 0.1) is 47.0 Å². The molecule has 3 heteroatoms. The Bertz CT molecular complexity index is 1010. The van der Waals surface area contributed by atoms with Crippen LogP contribution in [0.3, 0.4) is 0 Å². The minimum atomic E-state index is -2.03. The second-order valence-corrected chi connectivity index (χ2v) is 12.3. The molecule has 3 heterocycles. The third kappa shape index (κ3) is 4.46. The average Bonchev–Trinajstić information content (AvgIpc) is 3.41. The fraction of sp³-hybridized carbons (Fsp3) is 0.360. The van der Waals surface area contributed by atoms with Crippen LogP contribution in [-0.4, -0.2) is 8.07 Å². The average molecular weight is 417 g/mol. The van der Waals surface area contributed by atoms with E-state index in [2.05, 4.69) is 76.8 Å². The lowest BCUT2D eigenvalue weighted by Crippen LogP contribution is -2.53. The predicted octanol–water partition coefficient (Wildman–Crippen LogP) is 5.29. The summed E-state index contributed by atoms with van der Waals surface area (Å²) in [7, 11) is -2.03. The van der Waals surface area contributed by atoms with Crippen molar-refractivity contribution in [3.05, 3.63) is 22.9 Å². The Morgan fingerprint density at radius 1 is 0.750 bits per heavy atom. The fourth-order valence-electron chi connectivity index (χ4n) is 3.75. The molecule has 1 aliphatic heterocycles. The maximum atomic E-state index is 3.70. The molecule has 1 aliphatic rings. The summed E-state index contributed by atoms with van der Waals surface area (Å²) in [5, 5.41) is 7.51. The van der Waals surface area contributed by atoms with Crippen molar-refractivity contribution < 1.29 is 0 Å². The summed E-state index contributed by atoms with van der Waals surface area (Å²) in [5.74, 6) is 19.9. The molecule has 0 atom stereocenters. The maximum Gasteiger partial charge on any atom is 0.203 e. The highest BCUT2D eigenvalue weighted by molar-refractivity contribution is 7.29. The van der Waals surface area contributed by atoms with Crippen LogP contribution in [0.1, 0.15) is 52.4 Å². The molecule has 0 aliphatic carbocycles. The van der Waals surface area contributed by atoms with Gasteiger partial charge < -0.3 is 0 Å². The van der Waals surface area contributed by atoms with E-state index >= 15 is 0 Å². The Labute approximate surface area is 178 Å². The third-order valence-corrected chi connectivity index (χ3v) is 11.8. The summed E-state index contributed by atoms with van der Waals surface area (Å²) in [5.41, 5.74) is 3.70. The molecule has 0 bridgehead atoms. The number of unbranched alkanes of at least 4 members (excludes halogenated alkanes) is 5. The number of thiophene rings is 2.